The van der Waals surface area contributed by atoms with Gasteiger partial charge in [0.05, 0.1) is 6.61 Å². The molecule has 0 saturated carbocycles. The summed E-state index contributed by atoms with van der Waals surface area (Å²) in [6, 6.07) is 0. The zero-order chi connectivity index (χ0) is 12.0. The average molecular weight is 238 g/mol. The van der Waals surface area contributed by atoms with Gasteiger partial charge in [0, 0.05) is 6.61 Å². The second-order valence-corrected chi connectivity index (χ2v) is 5.22. The molecule has 100 valence electrons. The largest absolute Gasteiger partial charge is 0.377 e. The second-order valence-electron chi connectivity index (χ2n) is 5.22. The van der Waals surface area contributed by atoms with Crippen molar-refractivity contribution >= 4 is 0 Å². The summed E-state index contributed by atoms with van der Waals surface area (Å²) in [6.07, 6.45) is 21.2. The Kier molecular flexibility index (Phi) is 10.6. The fourth-order valence-electron chi connectivity index (χ4n) is 2.39. The van der Waals surface area contributed by atoms with Crippen LogP contribution in [0.25, 0.3) is 0 Å². The van der Waals surface area contributed by atoms with E-state index in [9.17, 15) is 0 Å². The number of ether oxygens (including phenoxy) is 1. The van der Waals surface area contributed by atoms with Crippen LogP contribution >= 0.6 is 0 Å². The van der Waals surface area contributed by atoms with Crippen LogP contribution in [0.15, 0.2) is 12.2 Å². The van der Waals surface area contributed by atoms with Crippen molar-refractivity contribution in [3.63, 3.8) is 0 Å². The SMILES string of the molecule is C1=C/COCCCCCCCCCCCCC/1. The van der Waals surface area contributed by atoms with Gasteiger partial charge in [-0.1, -0.05) is 69.9 Å². The van der Waals surface area contributed by atoms with Gasteiger partial charge in [-0.15, -0.1) is 0 Å². The van der Waals surface area contributed by atoms with Crippen molar-refractivity contribution in [2.75, 3.05) is 13.2 Å². The molecule has 0 N–H and O–H groups in total. The summed E-state index contributed by atoms with van der Waals surface area (Å²) in [5, 5.41) is 0. The fraction of sp³-hybridized carbons (Fsp3) is 0.875. The Hall–Kier alpha value is -0.300. The molecule has 0 aromatic heterocycles. The van der Waals surface area contributed by atoms with Gasteiger partial charge in [-0.3, -0.25) is 0 Å². The average Bonchev–Trinajstić information content (AvgIpc) is 2.35. The summed E-state index contributed by atoms with van der Waals surface area (Å²) in [5.41, 5.74) is 0. The maximum atomic E-state index is 5.57. The zero-order valence-corrected chi connectivity index (χ0v) is 11.5. The van der Waals surface area contributed by atoms with Gasteiger partial charge >= 0.3 is 0 Å². The first-order valence-electron chi connectivity index (χ1n) is 7.73. The molecule has 1 nitrogen and oxygen atoms in total. The highest BCUT2D eigenvalue weighted by molar-refractivity contribution is 4.81. The van der Waals surface area contributed by atoms with E-state index in [1.807, 2.05) is 0 Å². The van der Waals surface area contributed by atoms with Crippen molar-refractivity contribution in [2.45, 2.75) is 77.0 Å². The van der Waals surface area contributed by atoms with Crippen molar-refractivity contribution in [1.29, 1.82) is 0 Å². The molecule has 0 aromatic carbocycles. The highest BCUT2D eigenvalue weighted by Gasteiger charge is 1.94. The van der Waals surface area contributed by atoms with Gasteiger partial charge in [-0.2, -0.15) is 0 Å². The Morgan fingerprint density at radius 2 is 1.06 bits per heavy atom. The van der Waals surface area contributed by atoms with Crippen molar-refractivity contribution in [3.8, 4) is 0 Å². The standard InChI is InChI=1S/C16H30O/c1-2-4-6-8-10-12-14-16-17-15-13-11-9-7-5-3-1/h11,13H,1-10,12,14-16H2/b13-11+. The van der Waals surface area contributed by atoms with Gasteiger partial charge in [0.15, 0.2) is 0 Å². The third kappa shape index (κ3) is 10.6. The molecule has 0 amide bonds. The Balaban J connectivity index is 2.07. The Labute approximate surface area is 108 Å². The molecule has 0 spiro atoms. The van der Waals surface area contributed by atoms with Gasteiger partial charge in [-0.05, 0) is 19.3 Å². The summed E-state index contributed by atoms with van der Waals surface area (Å²) in [7, 11) is 0. The van der Waals surface area contributed by atoms with E-state index in [2.05, 4.69) is 12.2 Å². The number of rotatable bonds is 0. The van der Waals surface area contributed by atoms with Crippen LogP contribution in [-0.2, 0) is 4.74 Å². The van der Waals surface area contributed by atoms with Gasteiger partial charge in [0.25, 0.3) is 0 Å². The molecule has 1 aliphatic heterocycles. The van der Waals surface area contributed by atoms with Gasteiger partial charge in [0.1, 0.15) is 0 Å². The summed E-state index contributed by atoms with van der Waals surface area (Å²) < 4.78 is 5.57. The summed E-state index contributed by atoms with van der Waals surface area (Å²) >= 11 is 0. The van der Waals surface area contributed by atoms with Crippen molar-refractivity contribution in [1.82, 2.24) is 0 Å². The lowest BCUT2D eigenvalue weighted by atomic mass is 10.1. The van der Waals surface area contributed by atoms with Gasteiger partial charge in [0.2, 0.25) is 0 Å². The Bertz CT molecular complexity index is 156. The molecule has 0 radical (unpaired) electrons. The topological polar surface area (TPSA) is 9.23 Å². The molecule has 0 bridgehead atoms. The maximum Gasteiger partial charge on any atom is 0.0647 e. The zero-order valence-electron chi connectivity index (χ0n) is 11.5. The minimum Gasteiger partial charge on any atom is -0.377 e. The van der Waals surface area contributed by atoms with Crippen LogP contribution < -0.4 is 0 Å². The first kappa shape index (κ1) is 14.8. The first-order chi connectivity index (χ1) is 8.50. The van der Waals surface area contributed by atoms with E-state index in [4.69, 9.17) is 4.74 Å². The molecule has 0 unspecified atom stereocenters. The Morgan fingerprint density at radius 1 is 0.529 bits per heavy atom. The van der Waals surface area contributed by atoms with E-state index >= 15 is 0 Å². The van der Waals surface area contributed by atoms with E-state index in [1.54, 1.807) is 0 Å². The van der Waals surface area contributed by atoms with Crippen LogP contribution in [0.4, 0.5) is 0 Å². The summed E-state index contributed by atoms with van der Waals surface area (Å²) in [5.74, 6) is 0. The van der Waals surface area contributed by atoms with Gasteiger partial charge in [-0.25, -0.2) is 0 Å². The van der Waals surface area contributed by atoms with E-state index in [0.717, 1.165) is 13.2 Å². The minimum absolute atomic E-state index is 0.819. The maximum absolute atomic E-state index is 5.57. The molecular formula is C16H30O. The molecule has 0 fully saturated rings. The molecule has 0 saturated heterocycles. The van der Waals surface area contributed by atoms with E-state index in [0.29, 0.717) is 0 Å². The lowest BCUT2D eigenvalue weighted by Gasteiger charge is -2.02. The smallest absolute Gasteiger partial charge is 0.0647 e. The second kappa shape index (κ2) is 12.2. The van der Waals surface area contributed by atoms with Gasteiger partial charge < -0.3 is 4.74 Å². The highest BCUT2D eigenvalue weighted by Crippen LogP contribution is 2.12. The Morgan fingerprint density at radius 3 is 1.71 bits per heavy atom. The van der Waals surface area contributed by atoms with E-state index < -0.39 is 0 Å². The molecular weight excluding hydrogens is 208 g/mol. The molecule has 1 aliphatic rings. The molecule has 1 heteroatoms. The van der Waals surface area contributed by atoms with Crippen LogP contribution in [0, 0.1) is 0 Å². The van der Waals surface area contributed by atoms with E-state index in [1.165, 1.54) is 77.0 Å². The number of hydrogen-bond acceptors (Lipinski definition) is 1. The third-order valence-corrected chi connectivity index (χ3v) is 3.54. The van der Waals surface area contributed by atoms with Crippen molar-refractivity contribution in [3.05, 3.63) is 12.2 Å². The van der Waals surface area contributed by atoms with Crippen molar-refractivity contribution < 1.29 is 4.74 Å². The lowest BCUT2D eigenvalue weighted by Crippen LogP contribution is -1.94. The van der Waals surface area contributed by atoms with Crippen molar-refractivity contribution in [2.24, 2.45) is 0 Å². The minimum atomic E-state index is 0.819. The quantitative estimate of drug-likeness (QED) is 0.523. The number of hydrogen-bond donors (Lipinski definition) is 0. The lowest BCUT2D eigenvalue weighted by molar-refractivity contribution is 0.157. The van der Waals surface area contributed by atoms with Crippen LogP contribution in [0.3, 0.4) is 0 Å². The van der Waals surface area contributed by atoms with E-state index in [-0.39, 0.29) is 0 Å². The molecule has 0 atom stereocenters. The number of allylic oxidation sites excluding steroid dienone is 1. The normalized spacial score (nSPS) is 24.9. The first-order valence-corrected chi connectivity index (χ1v) is 7.73. The molecule has 1 heterocycles. The fourth-order valence-corrected chi connectivity index (χ4v) is 2.39. The molecule has 0 aliphatic carbocycles. The summed E-state index contributed by atoms with van der Waals surface area (Å²) in [4.78, 5) is 0. The predicted octanol–water partition coefficient (Wildman–Crippen LogP) is 5.25. The summed E-state index contributed by atoms with van der Waals surface area (Å²) in [6.45, 7) is 1.77. The highest BCUT2D eigenvalue weighted by atomic mass is 16.5. The molecule has 0 aromatic rings. The molecule has 17 heavy (non-hydrogen) atoms. The van der Waals surface area contributed by atoms with Crippen LogP contribution in [0.5, 0.6) is 0 Å². The monoisotopic (exact) mass is 238 g/mol. The molecule has 1 rings (SSSR count). The van der Waals surface area contributed by atoms with Crippen LogP contribution in [0.2, 0.25) is 0 Å². The van der Waals surface area contributed by atoms with Crippen LogP contribution in [0.1, 0.15) is 77.0 Å². The van der Waals surface area contributed by atoms with Crippen LogP contribution in [-0.4, -0.2) is 13.2 Å². The third-order valence-electron chi connectivity index (χ3n) is 3.54. The predicted molar refractivity (Wildman–Crippen MR) is 75.4 cm³/mol.